The maximum Gasteiger partial charge on any atom is 0.261 e. The minimum absolute atomic E-state index is 0.137. The lowest BCUT2D eigenvalue weighted by Gasteiger charge is -2.44. The molecule has 3 atom stereocenters. The summed E-state index contributed by atoms with van der Waals surface area (Å²) in [7, 11) is 0.575. The molecule has 1 heterocycles. The van der Waals surface area contributed by atoms with Gasteiger partial charge >= 0.3 is 0 Å². The van der Waals surface area contributed by atoms with Gasteiger partial charge in [-0.1, -0.05) is 99.6 Å². The van der Waals surface area contributed by atoms with Gasteiger partial charge in [-0.2, -0.15) is 0 Å². The van der Waals surface area contributed by atoms with Crippen molar-refractivity contribution in [2.75, 3.05) is 20.8 Å². The summed E-state index contributed by atoms with van der Waals surface area (Å²) in [5, 5.41) is 2.32. The SMILES string of the molecule is C=C[C@@]1(CO[Si](c2ccccc2)(c2ccccc2)C(C)(C)C)C[C@@H](OCc2ccc(OC)cc2)[C@H](OC)O1. The highest BCUT2D eigenvalue weighted by atomic mass is 28.4. The predicted molar refractivity (Wildman–Crippen MR) is 155 cm³/mol. The first-order chi connectivity index (χ1) is 18.3. The van der Waals surface area contributed by atoms with Crippen molar-refractivity contribution >= 4 is 18.7 Å². The van der Waals surface area contributed by atoms with Gasteiger partial charge in [0.15, 0.2) is 6.29 Å². The number of hydrogen-bond acceptors (Lipinski definition) is 5. The summed E-state index contributed by atoms with van der Waals surface area (Å²) in [4.78, 5) is 0. The van der Waals surface area contributed by atoms with Gasteiger partial charge in [0.2, 0.25) is 0 Å². The van der Waals surface area contributed by atoms with Gasteiger partial charge in [0.25, 0.3) is 8.32 Å². The van der Waals surface area contributed by atoms with Crippen molar-refractivity contribution in [1.82, 2.24) is 0 Å². The Bertz CT molecular complexity index is 1120. The first kappa shape index (κ1) is 28.3. The molecule has 0 amide bonds. The lowest BCUT2D eigenvalue weighted by Crippen LogP contribution is -2.67. The Morgan fingerprint density at radius 3 is 1.97 bits per heavy atom. The van der Waals surface area contributed by atoms with Crippen molar-refractivity contribution in [3.63, 3.8) is 0 Å². The molecule has 202 valence electrons. The fourth-order valence-electron chi connectivity index (χ4n) is 5.33. The van der Waals surface area contributed by atoms with Gasteiger partial charge in [0.1, 0.15) is 17.5 Å². The van der Waals surface area contributed by atoms with Gasteiger partial charge < -0.3 is 23.4 Å². The second-order valence-electron chi connectivity index (χ2n) is 10.8. The summed E-state index contributed by atoms with van der Waals surface area (Å²) < 4.78 is 31.0. The third-order valence-corrected chi connectivity index (χ3v) is 12.4. The van der Waals surface area contributed by atoms with E-state index >= 15 is 0 Å². The molecule has 0 saturated carbocycles. The van der Waals surface area contributed by atoms with E-state index < -0.39 is 20.2 Å². The summed E-state index contributed by atoms with van der Waals surface area (Å²) in [5.41, 5.74) is 0.318. The molecule has 0 aliphatic carbocycles. The minimum atomic E-state index is -2.74. The van der Waals surface area contributed by atoms with Gasteiger partial charge in [0, 0.05) is 13.5 Å². The maximum absolute atomic E-state index is 7.19. The zero-order valence-corrected chi connectivity index (χ0v) is 24.2. The van der Waals surface area contributed by atoms with Crippen LogP contribution in [0.2, 0.25) is 5.04 Å². The molecular weight excluding hydrogens is 492 g/mol. The van der Waals surface area contributed by atoms with E-state index in [1.807, 2.05) is 30.3 Å². The van der Waals surface area contributed by atoms with Crippen LogP contribution in [-0.2, 0) is 25.2 Å². The van der Waals surface area contributed by atoms with E-state index in [2.05, 4.69) is 88.0 Å². The maximum atomic E-state index is 7.19. The molecule has 0 bridgehead atoms. The van der Waals surface area contributed by atoms with Crippen LogP contribution in [0.5, 0.6) is 5.75 Å². The second-order valence-corrected chi connectivity index (χ2v) is 15.2. The average Bonchev–Trinajstić information content (AvgIpc) is 3.31. The van der Waals surface area contributed by atoms with E-state index in [1.165, 1.54) is 10.4 Å². The quantitative estimate of drug-likeness (QED) is 0.242. The summed E-state index contributed by atoms with van der Waals surface area (Å²) >= 11 is 0. The van der Waals surface area contributed by atoms with Crippen LogP contribution in [0.15, 0.2) is 97.6 Å². The molecule has 0 unspecified atom stereocenters. The van der Waals surface area contributed by atoms with Gasteiger partial charge in [-0.3, -0.25) is 0 Å². The molecule has 1 saturated heterocycles. The Morgan fingerprint density at radius 1 is 0.921 bits per heavy atom. The van der Waals surface area contributed by atoms with Crippen molar-refractivity contribution in [2.45, 2.75) is 56.8 Å². The first-order valence-corrected chi connectivity index (χ1v) is 15.0. The van der Waals surface area contributed by atoms with E-state index in [1.54, 1.807) is 14.2 Å². The molecule has 1 aliphatic rings. The average molecular weight is 533 g/mol. The van der Waals surface area contributed by atoms with E-state index in [-0.39, 0.29) is 11.1 Å². The highest BCUT2D eigenvalue weighted by Crippen LogP contribution is 2.40. The normalized spacial score (nSPS) is 21.8. The number of rotatable bonds is 11. The molecule has 6 heteroatoms. The molecule has 0 N–H and O–H groups in total. The molecule has 0 spiro atoms. The smallest absolute Gasteiger partial charge is 0.261 e. The van der Waals surface area contributed by atoms with Crippen molar-refractivity contribution in [3.05, 3.63) is 103 Å². The van der Waals surface area contributed by atoms with E-state index in [0.717, 1.165) is 11.3 Å². The van der Waals surface area contributed by atoms with Crippen LogP contribution < -0.4 is 15.1 Å². The first-order valence-electron chi connectivity index (χ1n) is 13.1. The number of hydrogen-bond donors (Lipinski definition) is 0. The molecule has 1 aliphatic heterocycles. The fraction of sp³-hybridized carbons (Fsp3) is 0.375. The molecule has 0 radical (unpaired) electrons. The Hall–Kier alpha value is -2.74. The lowest BCUT2D eigenvalue weighted by molar-refractivity contribution is -0.181. The highest BCUT2D eigenvalue weighted by molar-refractivity contribution is 6.99. The Kier molecular flexibility index (Phi) is 8.91. The molecule has 4 rings (SSSR count). The minimum Gasteiger partial charge on any atom is -0.497 e. The molecule has 0 aromatic heterocycles. The summed E-state index contributed by atoms with van der Waals surface area (Å²) in [6.45, 7) is 11.8. The number of ether oxygens (including phenoxy) is 4. The third-order valence-electron chi connectivity index (χ3n) is 7.38. The molecule has 1 fully saturated rings. The molecular formula is C32H40O5Si. The number of methoxy groups -OCH3 is 2. The fourth-order valence-corrected chi connectivity index (χ4v) is 9.95. The second kappa shape index (κ2) is 12.0. The summed E-state index contributed by atoms with van der Waals surface area (Å²) in [5.74, 6) is 0.818. The van der Waals surface area contributed by atoms with Crippen molar-refractivity contribution < 1.29 is 23.4 Å². The van der Waals surface area contributed by atoms with E-state index in [9.17, 15) is 0 Å². The molecule has 3 aromatic carbocycles. The lowest BCUT2D eigenvalue weighted by atomic mass is 10.0. The topological polar surface area (TPSA) is 46.2 Å². The van der Waals surface area contributed by atoms with Crippen molar-refractivity contribution in [1.29, 1.82) is 0 Å². The summed E-state index contributed by atoms with van der Waals surface area (Å²) in [6, 6.07) is 29.1. The van der Waals surface area contributed by atoms with Gasteiger partial charge in [-0.25, -0.2) is 0 Å². The van der Waals surface area contributed by atoms with Crippen LogP contribution in [0.3, 0.4) is 0 Å². The van der Waals surface area contributed by atoms with Gasteiger partial charge in [-0.15, -0.1) is 6.58 Å². The molecule has 5 nitrogen and oxygen atoms in total. The van der Waals surface area contributed by atoms with Crippen LogP contribution >= 0.6 is 0 Å². The Labute approximate surface area is 228 Å². The van der Waals surface area contributed by atoms with Crippen LogP contribution in [0.25, 0.3) is 0 Å². The van der Waals surface area contributed by atoms with Crippen LogP contribution in [-0.4, -0.2) is 47.1 Å². The van der Waals surface area contributed by atoms with Gasteiger partial charge in [0.05, 0.1) is 20.3 Å². The molecule has 3 aromatic rings. The zero-order chi connectivity index (χ0) is 27.2. The van der Waals surface area contributed by atoms with E-state index in [0.29, 0.717) is 19.6 Å². The Morgan fingerprint density at radius 2 is 1.50 bits per heavy atom. The standard InChI is InChI=1S/C32H40O5Si/c1-7-32(22-29(30(34-6)37-32)35-23-25-18-20-26(33-5)21-19-25)24-36-38(31(2,3)4,27-14-10-8-11-15-27)28-16-12-9-13-17-28/h7-21,29-30H,1,22-24H2,2-6H3/t29-,30-,32+/m1/s1. The van der Waals surface area contributed by atoms with Crippen LogP contribution in [0.4, 0.5) is 0 Å². The van der Waals surface area contributed by atoms with Crippen LogP contribution in [0, 0.1) is 0 Å². The summed E-state index contributed by atoms with van der Waals surface area (Å²) in [6.07, 6.45) is 1.66. The van der Waals surface area contributed by atoms with Gasteiger partial charge in [-0.05, 0) is 33.1 Å². The van der Waals surface area contributed by atoms with E-state index in [4.69, 9.17) is 23.4 Å². The zero-order valence-electron chi connectivity index (χ0n) is 23.2. The van der Waals surface area contributed by atoms with Crippen LogP contribution in [0.1, 0.15) is 32.8 Å². The predicted octanol–water partition coefficient (Wildman–Crippen LogP) is 5.47. The largest absolute Gasteiger partial charge is 0.497 e. The monoisotopic (exact) mass is 532 g/mol. The Balaban J connectivity index is 1.59. The molecule has 38 heavy (non-hydrogen) atoms. The third kappa shape index (κ3) is 5.80. The van der Waals surface area contributed by atoms with Crippen molar-refractivity contribution in [3.8, 4) is 5.75 Å². The van der Waals surface area contributed by atoms with Crippen molar-refractivity contribution in [2.24, 2.45) is 0 Å². The highest BCUT2D eigenvalue weighted by Gasteiger charge is 2.53. The number of benzene rings is 3.